The van der Waals surface area contributed by atoms with Crippen LogP contribution in [0.2, 0.25) is 0 Å². The number of hydrogen-bond acceptors (Lipinski definition) is 4. The Morgan fingerprint density at radius 2 is 1.87 bits per heavy atom. The van der Waals surface area contributed by atoms with Crippen molar-refractivity contribution in [1.29, 1.82) is 0 Å². The van der Waals surface area contributed by atoms with Crippen LogP contribution in [0.15, 0.2) is 17.8 Å². The van der Waals surface area contributed by atoms with Gasteiger partial charge in [-0.05, 0) is 44.9 Å². The first-order valence-electron chi connectivity index (χ1n) is 9.39. The third-order valence-corrected chi connectivity index (χ3v) is 5.37. The van der Waals surface area contributed by atoms with E-state index in [1.807, 2.05) is 0 Å². The Bertz CT molecular complexity index is 956. The fourth-order valence-corrected chi connectivity index (χ4v) is 3.99. The number of amides is 2. The van der Waals surface area contributed by atoms with Crippen LogP contribution in [0.5, 0.6) is 5.75 Å². The number of benzene rings is 1. The minimum absolute atomic E-state index is 0.0139. The molecule has 1 aromatic carbocycles. The Morgan fingerprint density at radius 3 is 2.35 bits per heavy atom. The van der Waals surface area contributed by atoms with Gasteiger partial charge in [-0.1, -0.05) is 0 Å². The first-order chi connectivity index (χ1) is 14.3. The van der Waals surface area contributed by atoms with Crippen molar-refractivity contribution >= 4 is 18.0 Å². The number of hydrogen-bond donors (Lipinski definition) is 0. The number of likely N-dealkylation sites (tertiary alicyclic amines) is 1. The molecule has 6 nitrogen and oxygen atoms in total. The summed E-state index contributed by atoms with van der Waals surface area (Å²) >= 11 is 0. The van der Waals surface area contributed by atoms with E-state index in [0.717, 1.165) is 18.1 Å². The molecule has 0 atom stereocenters. The molecule has 1 fully saturated rings. The van der Waals surface area contributed by atoms with Crippen LogP contribution in [0.4, 0.5) is 22.0 Å². The maximum absolute atomic E-state index is 14.3. The minimum atomic E-state index is -5.82. The first-order valence-corrected chi connectivity index (χ1v) is 9.39. The lowest BCUT2D eigenvalue weighted by Gasteiger charge is -2.42. The second kappa shape index (κ2) is 7.47. The molecule has 0 N–H and O–H groups in total. The number of halogens is 5. The van der Waals surface area contributed by atoms with E-state index < -0.39 is 28.8 Å². The van der Waals surface area contributed by atoms with Crippen LogP contribution in [-0.2, 0) is 20.3 Å². The summed E-state index contributed by atoms with van der Waals surface area (Å²) < 4.78 is 73.7. The lowest BCUT2D eigenvalue weighted by Crippen LogP contribution is -2.46. The third kappa shape index (κ3) is 3.54. The topological polar surface area (TPSA) is 59.1 Å². The number of carbonyl (C=O) groups is 2. The van der Waals surface area contributed by atoms with E-state index in [0.29, 0.717) is 18.9 Å². The molecule has 1 aromatic rings. The Labute approximate surface area is 175 Å². The number of alkyl halides is 5. The van der Waals surface area contributed by atoms with Gasteiger partial charge in [0.15, 0.2) is 0 Å². The molecule has 170 valence electrons. The molecule has 0 aliphatic carbocycles. The molecule has 3 rings (SSSR count). The average Bonchev–Trinajstić information content (AvgIpc) is 3.07. The van der Waals surface area contributed by atoms with Crippen LogP contribution < -0.4 is 4.74 Å². The van der Waals surface area contributed by atoms with E-state index in [-0.39, 0.29) is 41.6 Å². The molecule has 1 saturated heterocycles. The van der Waals surface area contributed by atoms with Gasteiger partial charge in [-0.15, -0.1) is 0 Å². The fourth-order valence-electron chi connectivity index (χ4n) is 3.99. The zero-order chi connectivity index (χ0) is 23.4. The Kier molecular flexibility index (Phi) is 5.54. The molecule has 0 spiro atoms. The zero-order valence-corrected chi connectivity index (χ0v) is 17.3. The van der Waals surface area contributed by atoms with E-state index in [1.165, 1.54) is 12.0 Å². The van der Waals surface area contributed by atoms with E-state index in [1.54, 1.807) is 13.8 Å². The van der Waals surface area contributed by atoms with Gasteiger partial charge in [-0.25, -0.2) is 0 Å². The largest absolute Gasteiger partial charge is 0.481 e. The van der Waals surface area contributed by atoms with Crippen LogP contribution in [0.3, 0.4) is 0 Å². The quantitative estimate of drug-likeness (QED) is 0.386. The summed E-state index contributed by atoms with van der Waals surface area (Å²) in [5, 5.41) is 0.776. The molecule has 0 unspecified atom stereocenters. The van der Waals surface area contributed by atoms with E-state index in [2.05, 4.69) is 0 Å². The summed E-state index contributed by atoms with van der Waals surface area (Å²) in [6, 6.07) is 1.69. The van der Waals surface area contributed by atoms with E-state index in [4.69, 9.17) is 9.57 Å². The number of hydroxylamine groups is 2. The van der Waals surface area contributed by atoms with Gasteiger partial charge in [0.05, 0.1) is 12.8 Å². The van der Waals surface area contributed by atoms with Crippen molar-refractivity contribution in [3.8, 4) is 5.75 Å². The average molecular weight is 448 g/mol. The fraction of sp³-hybridized carbons (Fsp3) is 0.500. The summed E-state index contributed by atoms with van der Waals surface area (Å²) in [4.78, 5) is 30.6. The minimum Gasteiger partial charge on any atom is -0.481 e. The normalized spacial score (nSPS) is 18.7. The number of fused-ring (bicyclic) bond motifs is 1. The maximum Gasteiger partial charge on any atom is 0.458 e. The van der Waals surface area contributed by atoms with Gasteiger partial charge in [0, 0.05) is 24.1 Å². The van der Waals surface area contributed by atoms with E-state index in [9.17, 15) is 31.5 Å². The van der Waals surface area contributed by atoms with Gasteiger partial charge in [0.25, 0.3) is 0 Å². The van der Waals surface area contributed by atoms with Crippen molar-refractivity contribution in [2.75, 3.05) is 13.7 Å². The van der Waals surface area contributed by atoms with Crippen LogP contribution >= 0.6 is 0 Å². The summed E-state index contributed by atoms with van der Waals surface area (Å²) in [6.07, 6.45) is -4.90. The van der Waals surface area contributed by atoms with Gasteiger partial charge < -0.3 is 9.64 Å². The maximum atomic E-state index is 14.3. The second-order valence-electron chi connectivity index (χ2n) is 7.76. The predicted octanol–water partition coefficient (Wildman–Crippen LogP) is 4.13. The van der Waals surface area contributed by atoms with Crippen molar-refractivity contribution in [2.24, 2.45) is 0 Å². The molecule has 2 aliphatic rings. The van der Waals surface area contributed by atoms with Crippen molar-refractivity contribution < 1.29 is 41.1 Å². The molecule has 0 saturated carbocycles. The molecular formula is C20H21F5N2O4. The van der Waals surface area contributed by atoms with Crippen molar-refractivity contribution in [2.45, 2.75) is 51.3 Å². The number of rotatable bonds is 5. The van der Waals surface area contributed by atoms with E-state index >= 15 is 0 Å². The molecule has 2 heterocycles. The first kappa shape index (κ1) is 23.0. The van der Waals surface area contributed by atoms with Gasteiger partial charge in [-0.2, -0.15) is 27.0 Å². The Hall–Kier alpha value is -2.69. The highest BCUT2D eigenvalue weighted by Crippen LogP contribution is 2.51. The van der Waals surface area contributed by atoms with Crippen LogP contribution in [0, 0.1) is 6.92 Å². The molecule has 0 radical (unpaired) electrons. The molecule has 0 aromatic heterocycles. The smallest absolute Gasteiger partial charge is 0.458 e. The highest BCUT2D eigenvalue weighted by atomic mass is 19.4. The lowest BCUT2D eigenvalue weighted by atomic mass is 9.88. The highest BCUT2D eigenvalue weighted by molar-refractivity contribution is 5.92. The molecule has 2 aliphatic heterocycles. The SMILES string of the molecule is CON(C=O)C1=C(N2CCCC2=O)c2c(ccc(C(F)(F)C(F)(F)F)c2C)OC1(C)C. The predicted molar refractivity (Wildman–Crippen MR) is 98.6 cm³/mol. The monoisotopic (exact) mass is 448 g/mol. The number of carbonyl (C=O) groups excluding carboxylic acids is 2. The van der Waals surface area contributed by atoms with Gasteiger partial charge in [0.1, 0.15) is 17.0 Å². The number of nitrogens with zero attached hydrogens (tertiary/aromatic N) is 2. The Balaban J connectivity index is 2.40. The summed E-state index contributed by atoms with van der Waals surface area (Å²) in [7, 11) is 1.18. The van der Waals surface area contributed by atoms with Crippen molar-refractivity contribution in [3.63, 3.8) is 0 Å². The van der Waals surface area contributed by atoms with Crippen LogP contribution in [-0.4, -0.2) is 47.7 Å². The van der Waals surface area contributed by atoms with Crippen molar-refractivity contribution in [3.05, 3.63) is 34.5 Å². The second-order valence-corrected chi connectivity index (χ2v) is 7.76. The van der Waals surface area contributed by atoms with Gasteiger partial charge in [-0.3, -0.25) is 14.4 Å². The summed E-state index contributed by atoms with van der Waals surface area (Å²) in [5.41, 5.74) is -3.04. The highest BCUT2D eigenvalue weighted by Gasteiger charge is 2.60. The van der Waals surface area contributed by atoms with Crippen LogP contribution in [0.25, 0.3) is 5.70 Å². The van der Waals surface area contributed by atoms with Gasteiger partial charge in [0.2, 0.25) is 12.3 Å². The molecular weight excluding hydrogens is 427 g/mol. The molecule has 11 heteroatoms. The molecule has 0 bridgehead atoms. The molecule has 2 amide bonds. The zero-order valence-electron chi connectivity index (χ0n) is 17.3. The standard InChI is InChI=1S/C20H21F5N2O4/c1-11-12(19(21,22)20(23,24)25)7-8-13-15(11)16(26-9-5-6-14(26)29)17(18(2,3)31-13)27(10-28)30-4/h7-8,10H,5-6,9H2,1-4H3. The molecule has 31 heavy (non-hydrogen) atoms. The summed E-state index contributed by atoms with van der Waals surface area (Å²) in [6.45, 7) is 4.43. The van der Waals surface area contributed by atoms with Crippen LogP contribution in [0.1, 0.15) is 43.4 Å². The number of ether oxygens (including phenoxy) is 1. The Morgan fingerprint density at radius 1 is 1.23 bits per heavy atom. The van der Waals surface area contributed by atoms with Crippen molar-refractivity contribution in [1.82, 2.24) is 9.96 Å². The summed E-state index contributed by atoms with van der Waals surface area (Å²) in [5.74, 6) is -5.47. The third-order valence-electron chi connectivity index (χ3n) is 5.37. The lowest BCUT2D eigenvalue weighted by molar-refractivity contribution is -0.289. The van der Waals surface area contributed by atoms with Gasteiger partial charge >= 0.3 is 12.1 Å².